The first-order valence-electron chi connectivity index (χ1n) is 12.0. The zero-order valence-corrected chi connectivity index (χ0v) is 20.2. The number of benzene rings is 1. The van der Waals surface area contributed by atoms with Crippen molar-refractivity contribution >= 4 is 28.7 Å². The van der Waals surface area contributed by atoms with Crippen LogP contribution in [0.1, 0.15) is 59.1 Å². The lowest BCUT2D eigenvalue weighted by Gasteiger charge is -2.47. The van der Waals surface area contributed by atoms with Gasteiger partial charge in [0.05, 0.1) is 18.7 Å². The number of fused-ring (bicyclic) bond motifs is 1. The van der Waals surface area contributed by atoms with Crippen LogP contribution >= 0.6 is 0 Å². The molecule has 2 fully saturated rings. The lowest BCUT2D eigenvalue weighted by atomic mass is 9.71. The maximum Gasteiger partial charge on any atom is 0.410 e. The molecule has 2 aliphatic rings. The highest BCUT2D eigenvalue weighted by molar-refractivity contribution is 5.92. The molecule has 1 aromatic heterocycles. The highest BCUT2D eigenvalue weighted by atomic mass is 16.6. The van der Waals surface area contributed by atoms with Crippen molar-refractivity contribution in [1.29, 1.82) is 0 Å². The maximum atomic E-state index is 12.4. The molecule has 33 heavy (non-hydrogen) atoms. The standard InChI is InChI=1S/C25H35N3O5/c1-5-31-21(29)17-19-18-7-6-8-20(22(18)33-26-19)27-13-9-25(10-14-27)11-15-28(16-12-25)23(30)32-24(2,3)4/h6-8H,5,9-17H2,1-4H3. The number of hydrogen-bond donors (Lipinski definition) is 0. The predicted molar refractivity (Wildman–Crippen MR) is 125 cm³/mol. The monoisotopic (exact) mass is 457 g/mol. The minimum absolute atomic E-state index is 0.113. The van der Waals surface area contributed by atoms with Crippen LogP contribution in [-0.4, -0.2) is 60.5 Å². The fourth-order valence-electron chi connectivity index (χ4n) is 4.94. The van der Waals surface area contributed by atoms with Gasteiger partial charge in [-0.05, 0) is 70.9 Å². The van der Waals surface area contributed by atoms with Gasteiger partial charge in [0.25, 0.3) is 0 Å². The summed E-state index contributed by atoms with van der Waals surface area (Å²) in [7, 11) is 0. The third-order valence-corrected chi connectivity index (χ3v) is 6.81. The number of rotatable bonds is 4. The Kier molecular flexibility index (Phi) is 6.54. The van der Waals surface area contributed by atoms with E-state index in [2.05, 4.69) is 16.1 Å². The topological polar surface area (TPSA) is 85.1 Å². The van der Waals surface area contributed by atoms with Crippen molar-refractivity contribution in [3.8, 4) is 0 Å². The van der Waals surface area contributed by atoms with Crippen LogP contribution in [-0.2, 0) is 20.7 Å². The van der Waals surface area contributed by atoms with Gasteiger partial charge in [-0.15, -0.1) is 0 Å². The fourth-order valence-corrected chi connectivity index (χ4v) is 4.94. The van der Waals surface area contributed by atoms with Crippen molar-refractivity contribution in [3.05, 3.63) is 23.9 Å². The molecule has 1 spiro atoms. The number of anilines is 1. The Labute approximate surface area is 195 Å². The third-order valence-electron chi connectivity index (χ3n) is 6.81. The van der Waals surface area contributed by atoms with Gasteiger partial charge in [-0.25, -0.2) is 4.79 Å². The average molecular weight is 458 g/mol. The lowest BCUT2D eigenvalue weighted by molar-refractivity contribution is -0.142. The molecule has 1 aromatic carbocycles. The largest absolute Gasteiger partial charge is 0.466 e. The van der Waals surface area contributed by atoms with Crippen LogP contribution in [0, 0.1) is 5.41 Å². The van der Waals surface area contributed by atoms with E-state index in [4.69, 9.17) is 14.0 Å². The van der Waals surface area contributed by atoms with Crippen LogP contribution in [0.4, 0.5) is 10.5 Å². The number of esters is 1. The molecule has 180 valence electrons. The second-order valence-electron chi connectivity index (χ2n) is 10.2. The van der Waals surface area contributed by atoms with E-state index in [1.807, 2.05) is 37.8 Å². The zero-order valence-electron chi connectivity index (χ0n) is 20.2. The average Bonchev–Trinajstić information content (AvgIpc) is 3.17. The van der Waals surface area contributed by atoms with Crippen LogP contribution < -0.4 is 4.90 Å². The summed E-state index contributed by atoms with van der Waals surface area (Å²) in [5.74, 6) is -0.296. The van der Waals surface area contributed by atoms with Gasteiger partial charge in [-0.1, -0.05) is 11.2 Å². The van der Waals surface area contributed by atoms with Crippen molar-refractivity contribution in [2.24, 2.45) is 5.41 Å². The first kappa shape index (κ1) is 23.4. The van der Waals surface area contributed by atoms with Crippen molar-refractivity contribution in [2.75, 3.05) is 37.7 Å². The number of nitrogens with zero attached hydrogens (tertiary/aromatic N) is 3. The van der Waals surface area contributed by atoms with Crippen molar-refractivity contribution in [3.63, 3.8) is 0 Å². The summed E-state index contributed by atoms with van der Waals surface area (Å²) in [6.07, 6.45) is 4.09. The van der Waals surface area contributed by atoms with Crippen molar-refractivity contribution in [1.82, 2.24) is 10.1 Å². The van der Waals surface area contributed by atoms with Gasteiger partial charge in [0.15, 0.2) is 5.58 Å². The van der Waals surface area contributed by atoms with E-state index in [0.717, 1.165) is 68.5 Å². The van der Waals surface area contributed by atoms with Gasteiger partial charge in [0.2, 0.25) is 0 Å². The molecular weight excluding hydrogens is 422 g/mol. The lowest BCUT2D eigenvalue weighted by Crippen LogP contribution is -2.49. The predicted octanol–water partition coefficient (Wildman–Crippen LogP) is 4.55. The van der Waals surface area contributed by atoms with Gasteiger partial charge in [0, 0.05) is 31.6 Å². The van der Waals surface area contributed by atoms with Crippen molar-refractivity contribution in [2.45, 2.75) is 65.4 Å². The number of likely N-dealkylation sites (tertiary alicyclic amines) is 1. The first-order chi connectivity index (χ1) is 15.7. The molecule has 0 radical (unpaired) electrons. The van der Waals surface area contributed by atoms with Crippen molar-refractivity contribution < 1.29 is 23.6 Å². The van der Waals surface area contributed by atoms with E-state index in [9.17, 15) is 9.59 Å². The summed E-state index contributed by atoms with van der Waals surface area (Å²) in [6, 6.07) is 6.00. The summed E-state index contributed by atoms with van der Waals surface area (Å²) in [5, 5.41) is 5.02. The molecule has 0 aliphatic carbocycles. The summed E-state index contributed by atoms with van der Waals surface area (Å²) in [6.45, 7) is 11.2. The summed E-state index contributed by atoms with van der Waals surface area (Å²) in [5.41, 5.74) is 2.19. The number of piperidine rings is 2. The Morgan fingerprint density at radius 3 is 2.39 bits per heavy atom. The highest BCUT2D eigenvalue weighted by Crippen LogP contribution is 2.43. The summed E-state index contributed by atoms with van der Waals surface area (Å²) < 4.78 is 16.3. The molecule has 2 aromatic rings. The molecule has 0 N–H and O–H groups in total. The quantitative estimate of drug-likeness (QED) is 0.623. The molecule has 0 saturated carbocycles. The maximum absolute atomic E-state index is 12.4. The van der Waals surface area contributed by atoms with Gasteiger partial charge >= 0.3 is 12.1 Å². The normalized spacial score (nSPS) is 18.5. The summed E-state index contributed by atoms with van der Waals surface area (Å²) >= 11 is 0. The fraction of sp³-hybridized carbons (Fsp3) is 0.640. The highest BCUT2D eigenvalue weighted by Gasteiger charge is 2.39. The molecule has 8 nitrogen and oxygen atoms in total. The van der Waals surface area contributed by atoms with E-state index >= 15 is 0 Å². The van der Waals surface area contributed by atoms with Crippen LogP contribution in [0.2, 0.25) is 0 Å². The number of amides is 1. The minimum atomic E-state index is -0.463. The molecule has 2 aliphatic heterocycles. The van der Waals surface area contributed by atoms with E-state index in [1.165, 1.54) is 0 Å². The van der Waals surface area contributed by atoms with E-state index in [-0.39, 0.29) is 23.9 Å². The molecule has 0 unspecified atom stereocenters. The number of hydrogen-bond acceptors (Lipinski definition) is 7. The van der Waals surface area contributed by atoms with Crippen LogP contribution in [0.25, 0.3) is 11.0 Å². The van der Waals surface area contributed by atoms with E-state index in [1.54, 1.807) is 6.92 Å². The molecule has 0 bridgehead atoms. The number of ether oxygens (including phenoxy) is 2. The van der Waals surface area contributed by atoms with E-state index in [0.29, 0.717) is 12.3 Å². The Bertz CT molecular complexity index is 991. The number of aromatic nitrogens is 1. The SMILES string of the molecule is CCOC(=O)Cc1noc2c(N3CCC4(CCN(C(=O)OC(C)(C)C)CC4)CC3)cccc12. The van der Waals surface area contributed by atoms with Crippen LogP contribution in [0.3, 0.4) is 0 Å². The smallest absolute Gasteiger partial charge is 0.410 e. The zero-order chi connectivity index (χ0) is 23.6. The Morgan fingerprint density at radius 1 is 1.09 bits per heavy atom. The molecule has 3 heterocycles. The third kappa shape index (κ3) is 5.25. The second kappa shape index (κ2) is 9.23. The molecule has 2 saturated heterocycles. The first-order valence-corrected chi connectivity index (χ1v) is 12.0. The van der Waals surface area contributed by atoms with E-state index < -0.39 is 5.60 Å². The minimum Gasteiger partial charge on any atom is -0.466 e. The van der Waals surface area contributed by atoms with Crippen LogP contribution in [0.5, 0.6) is 0 Å². The van der Waals surface area contributed by atoms with Gasteiger partial charge in [-0.2, -0.15) is 0 Å². The van der Waals surface area contributed by atoms with Gasteiger partial charge < -0.3 is 23.8 Å². The molecule has 8 heteroatoms. The Morgan fingerprint density at radius 2 is 1.76 bits per heavy atom. The molecule has 1 amide bonds. The molecule has 4 rings (SSSR count). The number of carbonyl (C=O) groups is 2. The number of para-hydroxylation sites is 1. The number of carbonyl (C=O) groups excluding carboxylic acids is 2. The Balaban J connectivity index is 1.38. The van der Waals surface area contributed by atoms with Gasteiger partial charge in [-0.3, -0.25) is 4.79 Å². The summed E-state index contributed by atoms with van der Waals surface area (Å²) in [4.78, 5) is 28.5. The molecular formula is C25H35N3O5. The second-order valence-corrected chi connectivity index (χ2v) is 10.2. The molecule has 0 atom stereocenters. The van der Waals surface area contributed by atoms with Gasteiger partial charge in [0.1, 0.15) is 11.3 Å². The van der Waals surface area contributed by atoms with Crippen LogP contribution in [0.15, 0.2) is 22.7 Å². The Hall–Kier alpha value is -2.77.